The molecule has 1 aromatic carbocycles. The van der Waals surface area contributed by atoms with Crippen LogP contribution in [-0.2, 0) is 0 Å². The van der Waals surface area contributed by atoms with E-state index in [-0.39, 0.29) is 11.5 Å². The Hall–Kier alpha value is -0.820. The predicted octanol–water partition coefficient (Wildman–Crippen LogP) is 4.92. The second-order valence-electron chi connectivity index (χ2n) is 6.50. The highest BCUT2D eigenvalue weighted by Crippen LogP contribution is 2.51. The summed E-state index contributed by atoms with van der Waals surface area (Å²) >= 11 is 0. The molecule has 0 saturated heterocycles. The number of hydrogen-bond donors (Lipinski definition) is 1. The van der Waals surface area contributed by atoms with Crippen molar-refractivity contribution in [2.24, 2.45) is 5.41 Å². The molecule has 1 atom stereocenters. The quantitative estimate of drug-likeness (QED) is 0.817. The highest BCUT2D eigenvalue weighted by atomic mass is 16.3. The number of aliphatic hydroxyl groups excluding tert-OH is 1. The van der Waals surface area contributed by atoms with Gasteiger partial charge in [-0.05, 0) is 74.8 Å². The van der Waals surface area contributed by atoms with Gasteiger partial charge in [-0.1, -0.05) is 25.8 Å². The van der Waals surface area contributed by atoms with Gasteiger partial charge in [-0.2, -0.15) is 0 Å². The summed E-state index contributed by atoms with van der Waals surface area (Å²) in [6, 6.07) is 2.24. The van der Waals surface area contributed by atoms with E-state index < -0.39 is 0 Å². The summed E-state index contributed by atoms with van der Waals surface area (Å²) in [5.74, 6) is 0. The zero-order valence-electron chi connectivity index (χ0n) is 13.1. The van der Waals surface area contributed by atoms with Gasteiger partial charge in [-0.25, -0.2) is 0 Å². The van der Waals surface area contributed by atoms with Crippen LogP contribution in [0, 0.1) is 33.1 Å². The fourth-order valence-electron chi connectivity index (χ4n) is 3.86. The largest absolute Gasteiger partial charge is 0.388 e. The molecule has 0 heterocycles. The molecule has 1 unspecified atom stereocenters. The monoisotopic (exact) mass is 260 g/mol. The first-order chi connectivity index (χ1) is 8.93. The van der Waals surface area contributed by atoms with Gasteiger partial charge in [0, 0.05) is 5.41 Å². The SMILES string of the molecule is CCC1(C(O)c2c(C)c(C)cc(C)c2C)CCCC1. The average molecular weight is 260 g/mol. The third kappa shape index (κ3) is 2.33. The minimum atomic E-state index is -0.293. The maximum absolute atomic E-state index is 11.1. The molecule has 19 heavy (non-hydrogen) atoms. The smallest absolute Gasteiger partial charge is 0.0851 e. The second-order valence-corrected chi connectivity index (χ2v) is 6.50. The van der Waals surface area contributed by atoms with Gasteiger partial charge >= 0.3 is 0 Å². The zero-order valence-corrected chi connectivity index (χ0v) is 13.1. The zero-order chi connectivity index (χ0) is 14.2. The van der Waals surface area contributed by atoms with E-state index in [0.717, 1.165) is 6.42 Å². The van der Waals surface area contributed by atoms with Crippen molar-refractivity contribution < 1.29 is 5.11 Å². The van der Waals surface area contributed by atoms with E-state index in [0.29, 0.717) is 0 Å². The van der Waals surface area contributed by atoms with E-state index in [1.165, 1.54) is 53.5 Å². The summed E-state index contributed by atoms with van der Waals surface area (Å²) in [6.07, 6.45) is 5.69. The van der Waals surface area contributed by atoms with E-state index in [4.69, 9.17) is 0 Å². The predicted molar refractivity (Wildman–Crippen MR) is 81.5 cm³/mol. The summed E-state index contributed by atoms with van der Waals surface area (Å²) in [5.41, 5.74) is 6.52. The topological polar surface area (TPSA) is 20.2 Å². The molecule has 1 aliphatic carbocycles. The third-order valence-corrected chi connectivity index (χ3v) is 5.58. The van der Waals surface area contributed by atoms with Gasteiger partial charge < -0.3 is 5.11 Å². The first-order valence-corrected chi connectivity index (χ1v) is 7.68. The number of rotatable bonds is 3. The number of aryl methyl sites for hydroxylation is 2. The van der Waals surface area contributed by atoms with Crippen molar-refractivity contribution in [1.29, 1.82) is 0 Å². The van der Waals surface area contributed by atoms with Crippen molar-refractivity contribution in [2.45, 2.75) is 72.8 Å². The van der Waals surface area contributed by atoms with Crippen molar-refractivity contribution in [3.8, 4) is 0 Å². The fraction of sp³-hybridized carbons (Fsp3) is 0.667. The Balaban J connectivity index is 2.52. The Labute approximate surface area is 118 Å². The molecule has 0 aromatic heterocycles. The summed E-state index contributed by atoms with van der Waals surface area (Å²) in [5, 5.41) is 11.1. The maximum atomic E-state index is 11.1. The molecule has 0 bridgehead atoms. The molecule has 1 aromatic rings. The number of benzene rings is 1. The maximum Gasteiger partial charge on any atom is 0.0851 e. The van der Waals surface area contributed by atoms with E-state index in [2.05, 4.69) is 40.7 Å². The molecule has 1 saturated carbocycles. The molecule has 1 aliphatic rings. The molecular formula is C18H28O. The lowest BCUT2D eigenvalue weighted by Gasteiger charge is -2.36. The van der Waals surface area contributed by atoms with Crippen LogP contribution in [0.2, 0.25) is 0 Å². The first-order valence-electron chi connectivity index (χ1n) is 7.68. The second kappa shape index (κ2) is 5.28. The molecule has 0 spiro atoms. The van der Waals surface area contributed by atoms with Crippen LogP contribution in [0.4, 0.5) is 0 Å². The Bertz CT molecular complexity index is 441. The van der Waals surface area contributed by atoms with Crippen LogP contribution < -0.4 is 0 Å². The minimum absolute atomic E-state index is 0.121. The normalized spacial score (nSPS) is 19.7. The first kappa shape index (κ1) is 14.6. The highest BCUT2D eigenvalue weighted by Gasteiger charge is 2.40. The molecule has 0 amide bonds. The average Bonchev–Trinajstić information content (AvgIpc) is 2.86. The van der Waals surface area contributed by atoms with E-state index in [1.807, 2.05) is 0 Å². The highest BCUT2D eigenvalue weighted by molar-refractivity contribution is 5.45. The van der Waals surface area contributed by atoms with E-state index in [1.54, 1.807) is 0 Å². The Kier molecular flexibility index (Phi) is 4.06. The summed E-state index contributed by atoms with van der Waals surface area (Å²) < 4.78 is 0. The summed E-state index contributed by atoms with van der Waals surface area (Å²) in [7, 11) is 0. The minimum Gasteiger partial charge on any atom is -0.388 e. The van der Waals surface area contributed by atoms with Gasteiger partial charge in [0.05, 0.1) is 6.10 Å². The summed E-state index contributed by atoms with van der Waals surface area (Å²) in [6.45, 7) is 10.9. The summed E-state index contributed by atoms with van der Waals surface area (Å²) in [4.78, 5) is 0. The van der Waals surface area contributed by atoms with Gasteiger partial charge in [-0.3, -0.25) is 0 Å². The van der Waals surface area contributed by atoms with Gasteiger partial charge in [0.15, 0.2) is 0 Å². The van der Waals surface area contributed by atoms with Gasteiger partial charge in [0.25, 0.3) is 0 Å². The van der Waals surface area contributed by atoms with Crippen LogP contribution in [0.5, 0.6) is 0 Å². The lowest BCUT2D eigenvalue weighted by atomic mass is 9.72. The van der Waals surface area contributed by atoms with Crippen LogP contribution in [0.15, 0.2) is 6.07 Å². The Morgan fingerprint density at radius 1 is 1.05 bits per heavy atom. The van der Waals surface area contributed by atoms with Crippen LogP contribution in [0.1, 0.15) is 72.9 Å². The number of hydrogen-bond acceptors (Lipinski definition) is 1. The van der Waals surface area contributed by atoms with Crippen molar-refractivity contribution >= 4 is 0 Å². The van der Waals surface area contributed by atoms with Crippen molar-refractivity contribution in [1.82, 2.24) is 0 Å². The van der Waals surface area contributed by atoms with Crippen LogP contribution in [0.25, 0.3) is 0 Å². The van der Waals surface area contributed by atoms with Crippen molar-refractivity contribution in [3.05, 3.63) is 33.9 Å². The van der Waals surface area contributed by atoms with Gasteiger partial charge in [0.1, 0.15) is 0 Å². The molecule has 2 rings (SSSR count). The standard InChI is InChI=1S/C18H28O/c1-6-18(9-7-8-10-18)17(19)16-14(4)12(2)11-13(3)15(16)5/h11,17,19H,6-10H2,1-5H3. The van der Waals surface area contributed by atoms with E-state index >= 15 is 0 Å². The van der Waals surface area contributed by atoms with Crippen molar-refractivity contribution in [3.63, 3.8) is 0 Å². The van der Waals surface area contributed by atoms with Gasteiger partial charge in [-0.15, -0.1) is 0 Å². The van der Waals surface area contributed by atoms with Crippen LogP contribution in [-0.4, -0.2) is 5.11 Å². The fourth-order valence-corrected chi connectivity index (χ4v) is 3.86. The van der Waals surface area contributed by atoms with E-state index in [9.17, 15) is 5.11 Å². The molecule has 106 valence electrons. The molecular weight excluding hydrogens is 232 g/mol. The number of aliphatic hydroxyl groups is 1. The Morgan fingerprint density at radius 3 is 1.95 bits per heavy atom. The molecule has 1 N–H and O–H groups in total. The van der Waals surface area contributed by atoms with Crippen molar-refractivity contribution in [2.75, 3.05) is 0 Å². The molecule has 1 nitrogen and oxygen atoms in total. The molecule has 1 heteroatoms. The molecule has 1 fully saturated rings. The lowest BCUT2D eigenvalue weighted by molar-refractivity contribution is 0.0227. The molecule has 0 aliphatic heterocycles. The third-order valence-electron chi connectivity index (χ3n) is 5.58. The lowest BCUT2D eigenvalue weighted by Crippen LogP contribution is -2.26. The van der Waals surface area contributed by atoms with Gasteiger partial charge in [0.2, 0.25) is 0 Å². The molecule has 0 radical (unpaired) electrons. The van der Waals surface area contributed by atoms with Crippen LogP contribution in [0.3, 0.4) is 0 Å². The Morgan fingerprint density at radius 2 is 1.53 bits per heavy atom. The van der Waals surface area contributed by atoms with Crippen LogP contribution >= 0.6 is 0 Å².